The van der Waals surface area contributed by atoms with Gasteiger partial charge in [0.1, 0.15) is 11.6 Å². The Hall–Kier alpha value is -1.20. The van der Waals surface area contributed by atoms with Crippen molar-refractivity contribution in [2.24, 2.45) is 0 Å². The molecule has 0 radical (unpaired) electrons. The average Bonchev–Trinajstić information content (AvgIpc) is 2.66. The summed E-state index contributed by atoms with van der Waals surface area (Å²) in [4.78, 5) is 8.72. The predicted molar refractivity (Wildman–Crippen MR) is 57.2 cm³/mol. The van der Waals surface area contributed by atoms with Crippen molar-refractivity contribution >= 4 is 5.82 Å². The Bertz CT molecular complexity index is 354. The molecule has 0 aliphatic carbocycles. The molecule has 0 amide bonds. The summed E-state index contributed by atoms with van der Waals surface area (Å²) in [5.41, 5.74) is 7.76. The summed E-state index contributed by atoms with van der Waals surface area (Å²) in [5.74, 6) is 1.41. The molecule has 0 atom stereocenters. The molecular weight excluding hydrogens is 192 g/mol. The molecular formula is C10H16N4O. The van der Waals surface area contributed by atoms with Crippen molar-refractivity contribution in [3.63, 3.8) is 0 Å². The van der Waals surface area contributed by atoms with Gasteiger partial charge in [-0.3, -0.25) is 0 Å². The van der Waals surface area contributed by atoms with Crippen LogP contribution in [0.1, 0.15) is 23.5 Å². The first kappa shape index (κ1) is 10.3. The van der Waals surface area contributed by atoms with Crippen LogP contribution in [0.4, 0.5) is 5.82 Å². The van der Waals surface area contributed by atoms with E-state index in [1.54, 1.807) is 0 Å². The normalized spacial score (nSPS) is 14.2. The van der Waals surface area contributed by atoms with E-state index in [4.69, 9.17) is 10.5 Å². The number of aromatic nitrogens is 2. The molecule has 0 bridgehead atoms. The Morgan fingerprint density at radius 3 is 3.07 bits per heavy atom. The minimum Gasteiger partial charge on any atom is -0.383 e. The number of hydrogen-bond donors (Lipinski definition) is 2. The lowest BCUT2D eigenvalue weighted by Gasteiger charge is -2.05. The van der Waals surface area contributed by atoms with E-state index in [1.807, 2.05) is 7.05 Å². The molecule has 5 nitrogen and oxygen atoms in total. The third-order valence-corrected chi connectivity index (χ3v) is 2.48. The average molecular weight is 208 g/mol. The largest absolute Gasteiger partial charge is 0.383 e. The smallest absolute Gasteiger partial charge is 0.133 e. The van der Waals surface area contributed by atoms with E-state index in [0.29, 0.717) is 19.0 Å². The van der Waals surface area contributed by atoms with Crippen LogP contribution in [0.3, 0.4) is 0 Å². The molecule has 1 aromatic heterocycles. The molecule has 1 aromatic rings. The molecule has 0 unspecified atom stereocenters. The van der Waals surface area contributed by atoms with Crippen LogP contribution in [-0.4, -0.2) is 23.6 Å². The highest BCUT2D eigenvalue weighted by Crippen LogP contribution is 2.22. The molecule has 0 aromatic carbocycles. The Balaban J connectivity index is 2.09. The minimum atomic E-state index is 0.554. The van der Waals surface area contributed by atoms with Crippen LogP contribution >= 0.6 is 0 Å². The first-order chi connectivity index (χ1) is 7.31. The number of nitrogen functional groups attached to an aromatic ring is 1. The third kappa shape index (κ3) is 2.24. The molecule has 82 valence electrons. The van der Waals surface area contributed by atoms with Crippen molar-refractivity contribution in [2.75, 3.05) is 19.3 Å². The second-order valence-electron chi connectivity index (χ2n) is 3.65. The zero-order chi connectivity index (χ0) is 10.7. The van der Waals surface area contributed by atoms with Crippen LogP contribution in [-0.2, 0) is 24.4 Å². The first-order valence-electron chi connectivity index (χ1n) is 5.17. The Kier molecular flexibility index (Phi) is 3.13. The maximum atomic E-state index is 5.83. The SMILES string of the molecule is CNCCCc1nc(N)c2c(n1)COC2. The number of anilines is 1. The van der Waals surface area contributed by atoms with Gasteiger partial charge in [-0.1, -0.05) is 0 Å². The van der Waals surface area contributed by atoms with E-state index in [2.05, 4.69) is 15.3 Å². The third-order valence-electron chi connectivity index (χ3n) is 2.48. The quantitative estimate of drug-likeness (QED) is 0.693. The molecule has 0 saturated heterocycles. The molecule has 1 aliphatic rings. The van der Waals surface area contributed by atoms with Gasteiger partial charge in [-0.25, -0.2) is 9.97 Å². The molecule has 0 fully saturated rings. The van der Waals surface area contributed by atoms with Crippen molar-refractivity contribution in [1.29, 1.82) is 0 Å². The van der Waals surface area contributed by atoms with Crippen LogP contribution < -0.4 is 11.1 Å². The van der Waals surface area contributed by atoms with Gasteiger partial charge in [0, 0.05) is 12.0 Å². The lowest BCUT2D eigenvalue weighted by Crippen LogP contribution is -2.11. The molecule has 1 aliphatic heterocycles. The maximum Gasteiger partial charge on any atom is 0.133 e. The van der Waals surface area contributed by atoms with Gasteiger partial charge in [-0.15, -0.1) is 0 Å². The van der Waals surface area contributed by atoms with Gasteiger partial charge in [-0.2, -0.15) is 0 Å². The van der Waals surface area contributed by atoms with Crippen LogP contribution in [0.2, 0.25) is 0 Å². The van der Waals surface area contributed by atoms with Crippen LogP contribution in [0.25, 0.3) is 0 Å². The number of ether oxygens (including phenoxy) is 1. The van der Waals surface area contributed by atoms with Crippen molar-refractivity contribution < 1.29 is 4.74 Å². The Morgan fingerprint density at radius 2 is 2.27 bits per heavy atom. The fourth-order valence-corrected chi connectivity index (χ4v) is 1.66. The number of nitrogens with one attached hydrogen (secondary N) is 1. The highest BCUT2D eigenvalue weighted by atomic mass is 16.5. The Labute approximate surface area is 89.1 Å². The summed E-state index contributed by atoms with van der Waals surface area (Å²) < 4.78 is 5.28. The van der Waals surface area contributed by atoms with E-state index < -0.39 is 0 Å². The molecule has 15 heavy (non-hydrogen) atoms. The monoisotopic (exact) mass is 208 g/mol. The number of fused-ring (bicyclic) bond motifs is 1. The fourth-order valence-electron chi connectivity index (χ4n) is 1.66. The topological polar surface area (TPSA) is 73.1 Å². The number of rotatable bonds is 4. The van der Waals surface area contributed by atoms with E-state index in [9.17, 15) is 0 Å². The number of nitrogens with zero attached hydrogens (tertiary/aromatic N) is 2. The van der Waals surface area contributed by atoms with Gasteiger partial charge < -0.3 is 15.8 Å². The van der Waals surface area contributed by atoms with Gasteiger partial charge in [0.2, 0.25) is 0 Å². The molecule has 2 rings (SSSR count). The Morgan fingerprint density at radius 1 is 1.40 bits per heavy atom. The summed E-state index contributed by atoms with van der Waals surface area (Å²) in [6, 6.07) is 0. The molecule has 2 heterocycles. The summed E-state index contributed by atoms with van der Waals surface area (Å²) in [6.07, 6.45) is 1.88. The maximum absolute atomic E-state index is 5.83. The second-order valence-corrected chi connectivity index (χ2v) is 3.65. The highest BCUT2D eigenvalue weighted by molar-refractivity contribution is 5.43. The molecule has 5 heteroatoms. The number of hydrogen-bond acceptors (Lipinski definition) is 5. The van der Waals surface area contributed by atoms with Gasteiger partial charge in [0.15, 0.2) is 0 Å². The molecule has 0 spiro atoms. The fraction of sp³-hybridized carbons (Fsp3) is 0.600. The van der Waals surface area contributed by atoms with Crippen molar-refractivity contribution in [2.45, 2.75) is 26.1 Å². The van der Waals surface area contributed by atoms with E-state index in [1.165, 1.54) is 0 Å². The van der Waals surface area contributed by atoms with E-state index in [0.717, 1.165) is 36.5 Å². The van der Waals surface area contributed by atoms with Crippen molar-refractivity contribution in [1.82, 2.24) is 15.3 Å². The summed E-state index contributed by atoms with van der Waals surface area (Å²) >= 11 is 0. The van der Waals surface area contributed by atoms with E-state index >= 15 is 0 Å². The van der Waals surface area contributed by atoms with Crippen molar-refractivity contribution in [3.05, 3.63) is 17.1 Å². The van der Waals surface area contributed by atoms with E-state index in [-0.39, 0.29) is 0 Å². The predicted octanol–water partition coefficient (Wildman–Crippen LogP) is 0.241. The zero-order valence-electron chi connectivity index (χ0n) is 8.92. The standard InChI is InChI=1S/C10H16N4O/c1-12-4-2-3-9-13-8-6-15-5-7(8)10(11)14-9/h12H,2-6H2,1H3,(H2,11,13,14). The van der Waals surface area contributed by atoms with Gasteiger partial charge >= 0.3 is 0 Å². The summed E-state index contributed by atoms with van der Waals surface area (Å²) in [7, 11) is 1.94. The molecule has 3 N–H and O–H groups in total. The summed E-state index contributed by atoms with van der Waals surface area (Å²) in [5, 5.41) is 3.09. The second kappa shape index (κ2) is 4.55. The number of aryl methyl sites for hydroxylation is 1. The lowest BCUT2D eigenvalue weighted by atomic mass is 10.2. The van der Waals surface area contributed by atoms with Crippen LogP contribution in [0, 0.1) is 0 Å². The van der Waals surface area contributed by atoms with Crippen molar-refractivity contribution in [3.8, 4) is 0 Å². The summed E-state index contributed by atoms with van der Waals surface area (Å²) in [6.45, 7) is 2.09. The van der Waals surface area contributed by atoms with Gasteiger partial charge in [0.05, 0.1) is 18.9 Å². The zero-order valence-corrected chi connectivity index (χ0v) is 8.92. The van der Waals surface area contributed by atoms with Gasteiger partial charge in [-0.05, 0) is 20.0 Å². The van der Waals surface area contributed by atoms with Crippen LogP contribution in [0.5, 0.6) is 0 Å². The lowest BCUT2D eigenvalue weighted by molar-refractivity contribution is 0.133. The highest BCUT2D eigenvalue weighted by Gasteiger charge is 2.17. The number of nitrogens with two attached hydrogens (primary N) is 1. The first-order valence-corrected chi connectivity index (χ1v) is 5.17. The van der Waals surface area contributed by atoms with Crippen LogP contribution in [0.15, 0.2) is 0 Å². The van der Waals surface area contributed by atoms with Gasteiger partial charge in [0.25, 0.3) is 0 Å². The molecule has 0 saturated carbocycles. The minimum absolute atomic E-state index is 0.554.